The van der Waals surface area contributed by atoms with Gasteiger partial charge in [-0.3, -0.25) is 4.79 Å². The van der Waals surface area contributed by atoms with Gasteiger partial charge in [0.2, 0.25) is 0 Å². The first kappa shape index (κ1) is 20.5. The number of amides is 1. The number of imidazole rings is 1. The molecule has 0 aromatic carbocycles. The molecule has 6 rings (SSSR count). The van der Waals surface area contributed by atoms with Crippen molar-refractivity contribution >= 4 is 23.0 Å². The van der Waals surface area contributed by atoms with Crippen LogP contribution >= 0.6 is 11.6 Å². The van der Waals surface area contributed by atoms with Crippen LogP contribution in [0, 0.1) is 0 Å². The summed E-state index contributed by atoms with van der Waals surface area (Å²) >= 11 is 6.28. The van der Waals surface area contributed by atoms with Crippen molar-refractivity contribution in [2.24, 2.45) is 0 Å². The third-order valence-corrected chi connectivity index (χ3v) is 5.85. The van der Waals surface area contributed by atoms with E-state index in [1.165, 1.54) is 11.0 Å². The van der Waals surface area contributed by atoms with E-state index in [2.05, 4.69) is 30.4 Å². The predicted molar refractivity (Wildman–Crippen MR) is 112 cm³/mol. The van der Waals surface area contributed by atoms with Crippen LogP contribution in [0.15, 0.2) is 47.3 Å². The van der Waals surface area contributed by atoms with Crippen LogP contribution in [0.4, 0.5) is 8.78 Å². The molecular formula is C20H14ClF2N9O2. The number of halogens is 3. The first-order chi connectivity index (χ1) is 16.5. The first-order valence-electron chi connectivity index (χ1n) is 10.1. The number of aromatic amines is 1. The van der Waals surface area contributed by atoms with Gasteiger partial charge in [-0.2, -0.15) is 19.0 Å². The number of H-pyrrole nitrogens is 1. The van der Waals surface area contributed by atoms with Crippen LogP contribution in [-0.4, -0.2) is 56.9 Å². The van der Waals surface area contributed by atoms with Crippen LogP contribution < -0.4 is 0 Å². The number of carbonyl (C=O) groups excluding carboxylic acids is 1. The van der Waals surface area contributed by atoms with Gasteiger partial charge in [-0.15, -0.1) is 10.2 Å². The zero-order chi connectivity index (χ0) is 23.4. The lowest BCUT2D eigenvalue weighted by Gasteiger charge is -2.32. The maximum atomic E-state index is 13.4. The van der Waals surface area contributed by atoms with Crippen molar-refractivity contribution in [2.75, 3.05) is 6.54 Å². The normalized spacial score (nSPS) is 15.9. The highest BCUT2D eigenvalue weighted by molar-refractivity contribution is 6.29. The smallest absolute Gasteiger partial charge is 0.333 e. The van der Waals surface area contributed by atoms with Crippen LogP contribution in [0.3, 0.4) is 0 Å². The molecule has 34 heavy (non-hydrogen) atoms. The molecule has 1 aliphatic rings. The zero-order valence-electron chi connectivity index (χ0n) is 17.1. The van der Waals surface area contributed by atoms with E-state index in [0.717, 1.165) is 17.4 Å². The summed E-state index contributed by atoms with van der Waals surface area (Å²) in [5, 5.41) is 16.3. The second-order valence-corrected chi connectivity index (χ2v) is 7.93. The highest BCUT2D eigenvalue weighted by atomic mass is 35.5. The maximum absolute atomic E-state index is 13.4. The minimum Gasteiger partial charge on any atom is -0.411 e. The molecule has 5 aromatic heterocycles. The Morgan fingerprint density at radius 1 is 1.24 bits per heavy atom. The molecule has 1 aliphatic heterocycles. The van der Waals surface area contributed by atoms with Gasteiger partial charge in [0.1, 0.15) is 16.9 Å². The van der Waals surface area contributed by atoms with E-state index in [-0.39, 0.29) is 17.5 Å². The molecule has 1 amide bonds. The Balaban J connectivity index is 1.37. The monoisotopic (exact) mass is 485 g/mol. The second-order valence-electron chi connectivity index (χ2n) is 7.54. The Morgan fingerprint density at radius 2 is 2.12 bits per heavy atom. The van der Waals surface area contributed by atoms with Gasteiger partial charge in [-0.05, 0) is 24.3 Å². The van der Waals surface area contributed by atoms with Crippen molar-refractivity contribution < 1.29 is 18.0 Å². The molecule has 5 aromatic rings. The molecule has 0 saturated heterocycles. The molecule has 11 nitrogen and oxygen atoms in total. The Kier molecular flexibility index (Phi) is 4.65. The van der Waals surface area contributed by atoms with Crippen molar-refractivity contribution in [2.45, 2.75) is 19.0 Å². The van der Waals surface area contributed by atoms with E-state index in [1.54, 1.807) is 16.9 Å². The van der Waals surface area contributed by atoms with Gasteiger partial charge >= 0.3 is 18.3 Å². The molecule has 6 heterocycles. The zero-order valence-corrected chi connectivity index (χ0v) is 17.9. The fraction of sp³-hybridized carbons (Fsp3) is 0.200. The standard InChI is InChI=1S/C20H14ClF2N9O2/c21-14-3-1-2-10-8-13(29-32(10)14)16-15-11(24-9-25-15)4-6-30(16)19(33)18-27-26-17(34-18)12-5-7-31(28-12)20(22)23/h1-3,5,7-9,16,20H,4,6H2,(H,24,25)/t16-/m0/s1. The number of aromatic nitrogens is 8. The molecule has 0 saturated carbocycles. The maximum Gasteiger partial charge on any atom is 0.333 e. The Morgan fingerprint density at radius 3 is 2.91 bits per heavy atom. The van der Waals surface area contributed by atoms with E-state index in [4.69, 9.17) is 16.0 Å². The quantitative estimate of drug-likeness (QED) is 0.388. The van der Waals surface area contributed by atoms with E-state index in [1.807, 2.05) is 18.2 Å². The Hall–Kier alpha value is -4.13. The van der Waals surface area contributed by atoms with Crippen LogP contribution in [0.1, 0.15) is 40.4 Å². The number of carbonyl (C=O) groups is 1. The summed E-state index contributed by atoms with van der Waals surface area (Å²) in [4.78, 5) is 22.5. The number of fused-ring (bicyclic) bond motifs is 2. The summed E-state index contributed by atoms with van der Waals surface area (Å²) < 4.78 is 33.2. The molecule has 0 spiro atoms. The number of hydrogen-bond donors (Lipinski definition) is 1. The van der Waals surface area contributed by atoms with Gasteiger partial charge in [-0.1, -0.05) is 17.7 Å². The second kappa shape index (κ2) is 7.73. The van der Waals surface area contributed by atoms with Gasteiger partial charge in [0.05, 0.1) is 23.2 Å². The molecule has 0 fully saturated rings. The average Bonchev–Trinajstić information content (AvgIpc) is 3.62. The summed E-state index contributed by atoms with van der Waals surface area (Å²) in [6, 6.07) is 7.87. The SMILES string of the molecule is O=C(c1nnc(-c2ccn(C(F)F)n2)o1)N1CCc2[nH]cnc2[C@@H]1c1cc2cccc(Cl)n2n1. The van der Waals surface area contributed by atoms with Gasteiger partial charge in [-0.25, -0.2) is 14.2 Å². The van der Waals surface area contributed by atoms with Gasteiger partial charge < -0.3 is 14.3 Å². The van der Waals surface area contributed by atoms with Gasteiger partial charge in [0.25, 0.3) is 5.89 Å². The molecule has 14 heteroatoms. The largest absolute Gasteiger partial charge is 0.411 e. The van der Waals surface area contributed by atoms with E-state index in [0.29, 0.717) is 34.2 Å². The lowest BCUT2D eigenvalue weighted by atomic mass is 9.99. The van der Waals surface area contributed by atoms with Crippen LogP contribution in [0.5, 0.6) is 0 Å². The Bertz CT molecular complexity index is 1520. The minimum atomic E-state index is -2.81. The van der Waals surface area contributed by atoms with Gasteiger partial charge in [0.15, 0.2) is 0 Å². The number of nitrogens with one attached hydrogen (secondary N) is 1. The van der Waals surface area contributed by atoms with Crippen molar-refractivity contribution in [3.8, 4) is 11.6 Å². The van der Waals surface area contributed by atoms with Crippen molar-refractivity contribution in [3.05, 3.63) is 71.0 Å². The summed E-state index contributed by atoms with van der Waals surface area (Å²) in [5.41, 5.74) is 2.89. The third-order valence-electron chi connectivity index (χ3n) is 5.56. The average molecular weight is 486 g/mol. The molecule has 1 N–H and O–H groups in total. The first-order valence-corrected chi connectivity index (χ1v) is 10.5. The van der Waals surface area contributed by atoms with E-state index < -0.39 is 18.5 Å². The van der Waals surface area contributed by atoms with Crippen LogP contribution in [0.25, 0.3) is 17.1 Å². The van der Waals surface area contributed by atoms with Crippen molar-refractivity contribution in [1.82, 2.24) is 44.5 Å². The molecular weight excluding hydrogens is 472 g/mol. The fourth-order valence-electron chi connectivity index (χ4n) is 4.03. The number of rotatable bonds is 4. The number of nitrogens with zero attached hydrogens (tertiary/aromatic N) is 8. The summed E-state index contributed by atoms with van der Waals surface area (Å²) in [5.74, 6) is -0.988. The minimum absolute atomic E-state index is 0.0339. The van der Waals surface area contributed by atoms with Crippen LogP contribution in [-0.2, 0) is 6.42 Å². The molecule has 0 radical (unpaired) electrons. The number of pyridine rings is 1. The van der Waals surface area contributed by atoms with E-state index >= 15 is 0 Å². The molecule has 1 atom stereocenters. The Labute approximate surface area is 194 Å². The fourth-order valence-corrected chi connectivity index (χ4v) is 4.23. The lowest BCUT2D eigenvalue weighted by Crippen LogP contribution is -2.41. The van der Waals surface area contributed by atoms with Crippen LogP contribution in [0.2, 0.25) is 5.15 Å². The highest BCUT2D eigenvalue weighted by Crippen LogP contribution is 2.34. The number of hydrogen-bond acceptors (Lipinski definition) is 7. The lowest BCUT2D eigenvalue weighted by molar-refractivity contribution is 0.0566. The number of alkyl halides is 2. The topological polar surface area (TPSA) is 123 Å². The van der Waals surface area contributed by atoms with E-state index in [9.17, 15) is 13.6 Å². The summed E-state index contributed by atoms with van der Waals surface area (Å²) in [6.07, 6.45) is 3.18. The van der Waals surface area contributed by atoms with Gasteiger partial charge in [0, 0.05) is 24.9 Å². The van der Waals surface area contributed by atoms with Crippen molar-refractivity contribution in [1.29, 1.82) is 0 Å². The van der Waals surface area contributed by atoms with Crippen molar-refractivity contribution in [3.63, 3.8) is 0 Å². The molecule has 0 bridgehead atoms. The molecule has 172 valence electrons. The molecule has 0 unspecified atom stereocenters. The third kappa shape index (κ3) is 3.23. The predicted octanol–water partition coefficient (Wildman–Crippen LogP) is 3.14. The molecule has 0 aliphatic carbocycles. The summed E-state index contributed by atoms with van der Waals surface area (Å²) in [6.45, 7) is -2.48. The highest BCUT2D eigenvalue weighted by Gasteiger charge is 2.38. The summed E-state index contributed by atoms with van der Waals surface area (Å²) in [7, 11) is 0.